The number of benzene rings is 2. The van der Waals surface area contributed by atoms with Crippen LogP contribution >= 0.6 is 11.6 Å². The summed E-state index contributed by atoms with van der Waals surface area (Å²) >= 11 is 5.96. The van der Waals surface area contributed by atoms with Gasteiger partial charge in [-0.3, -0.25) is 0 Å². The maximum absolute atomic E-state index is 5.96. The summed E-state index contributed by atoms with van der Waals surface area (Å²) < 4.78 is 0. The monoisotopic (exact) mass is 310 g/mol. The van der Waals surface area contributed by atoms with Gasteiger partial charge < -0.3 is 0 Å². The van der Waals surface area contributed by atoms with E-state index >= 15 is 0 Å². The van der Waals surface area contributed by atoms with Crippen LogP contribution in [0.2, 0.25) is 5.02 Å². The van der Waals surface area contributed by atoms with Gasteiger partial charge in [-0.15, -0.1) is 0 Å². The molecule has 0 aromatic heterocycles. The van der Waals surface area contributed by atoms with Crippen LogP contribution in [0.1, 0.15) is 44.1 Å². The van der Waals surface area contributed by atoms with Gasteiger partial charge in [0.1, 0.15) is 0 Å². The SMILES string of the molecule is CC=CC1CCC(c2ccc(-c3ccc(Cl)cc3)cc2)CC1. The molecule has 1 heteroatoms. The maximum atomic E-state index is 5.96. The molecule has 1 aliphatic rings. The van der Waals surface area contributed by atoms with Crippen molar-refractivity contribution >= 4 is 11.6 Å². The van der Waals surface area contributed by atoms with Gasteiger partial charge in [-0.2, -0.15) is 0 Å². The first-order valence-electron chi connectivity index (χ1n) is 8.25. The molecule has 0 amide bonds. The Morgan fingerprint density at radius 1 is 0.818 bits per heavy atom. The summed E-state index contributed by atoms with van der Waals surface area (Å²) in [4.78, 5) is 0. The van der Waals surface area contributed by atoms with E-state index in [-0.39, 0.29) is 0 Å². The Morgan fingerprint density at radius 3 is 1.91 bits per heavy atom. The molecule has 0 N–H and O–H groups in total. The molecule has 0 unspecified atom stereocenters. The lowest BCUT2D eigenvalue weighted by Crippen LogP contribution is -2.11. The van der Waals surface area contributed by atoms with E-state index in [1.165, 1.54) is 42.4 Å². The van der Waals surface area contributed by atoms with Crippen LogP contribution in [0.4, 0.5) is 0 Å². The molecule has 3 rings (SSSR count). The van der Waals surface area contributed by atoms with Crippen LogP contribution in [0, 0.1) is 5.92 Å². The lowest BCUT2D eigenvalue weighted by molar-refractivity contribution is 0.376. The van der Waals surface area contributed by atoms with Gasteiger partial charge in [0, 0.05) is 5.02 Å². The van der Waals surface area contributed by atoms with Crippen LogP contribution in [0.3, 0.4) is 0 Å². The van der Waals surface area contributed by atoms with Crippen molar-refractivity contribution in [3.8, 4) is 11.1 Å². The van der Waals surface area contributed by atoms with Crippen molar-refractivity contribution < 1.29 is 0 Å². The van der Waals surface area contributed by atoms with Crippen molar-refractivity contribution in [3.05, 3.63) is 71.3 Å². The molecule has 114 valence electrons. The summed E-state index contributed by atoms with van der Waals surface area (Å²) in [7, 11) is 0. The van der Waals surface area contributed by atoms with E-state index in [4.69, 9.17) is 11.6 Å². The zero-order valence-electron chi connectivity index (χ0n) is 13.1. The number of halogens is 1. The Balaban J connectivity index is 1.68. The Morgan fingerprint density at radius 2 is 1.36 bits per heavy atom. The van der Waals surface area contributed by atoms with Crippen molar-refractivity contribution in [2.45, 2.75) is 38.5 Å². The summed E-state index contributed by atoms with van der Waals surface area (Å²) in [6.07, 6.45) is 9.86. The third-order valence-electron chi connectivity index (χ3n) is 4.80. The molecule has 0 radical (unpaired) electrons. The van der Waals surface area contributed by atoms with E-state index in [0.29, 0.717) is 0 Å². The van der Waals surface area contributed by atoms with Gasteiger partial charge >= 0.3 is 0 Å². The predicted molar refractivity (Wildman–Crippen MR) is 96.4 cm³/mol. The quantitative estimate of drug-likeness (QED) is 0.543. The largest absolute Gasteiger partial charge is 0.0914 e. The molecule has 0 nitrogen and oxygen atoms in total. The van der Waals surface area contributed by atoms with Gasteiger partial charge in [0.15, 0.2) is 0 Å². The second kappa shape index (κ2) is 7.15. The van der Waals surface area contributed by atoms with Crippen LogP contribution in [0.5, 0.6) is 0 Å². The lowest BCUT2D eigenvalue weighted by atomic mass is 9.78. The molecule has 1 fully saturated rings. The van der Waals surface area contributed by atoms with Gasteiger partial charge in [0.25, 0.3) is 0 Å². The van der Waals surface area contributed by atoms with Gasteiger partial charge in [-0.25, -0.2) is 0 Å². The molecule has 0 aliphatic heterocycles. The minimum absolute atomic E-state index is 0.737. The molecular weight excluding hydrogens is 288 g/mol. The normalized spacial score (nSPS) is 22.1. The highest BCUT2D eigenvalue weighted by Crippen LogP contribution is 2.36. The van der Waals surface area contributed by atoms with Crippen LogP contribution in [-0.4, -0.2) is 0 Å². The molecule has 0 heterocycles. The molecule has 2 aromatic rings. The second-order valence-electron chi connectivity index (χ2n) is 6.27. The van der Waals surface area contributed by atoms with Crippen LogP contribution in [0.15, 0.2) is 60.7 Å². The van der Waals surface area contributed by atoms with E-state index in [9.17, 15) is 0 Å². The highest BCUT2D eigenvalue weighted by Gasteiger charge is 2.20. The smallest absolute Gasteiger partial charge is 0.0406 e. The third-order valence-corrected chi connectivity index (χ3v) is 5.05. The fourth-order valence-electron chi connectivity index (χ4n) is 3.51. The van der Waals surface area contributed by atoms with E-state index in [1.807, 2.05) is 12.1 Å². The Labute approximate surface area is 138 Å². The average molecular weight is 311 g/mol. The molecule has 2 aromatic carbocycles. The van der Waals surface area contributed by atoms with Crippen molar-refractivity contribution in [2.75, 3.05) is 0 Å². The summed E-state index contributed by atoms with van der Waals surface area (Å²) in [6, 6.07) is 17.2. The fraction of sp³-hybridized carbons (Fsp3) is 0.333. The molecular formula is C21H23Cl. The molecule has 0 bridgehead atoms. The molecule has 0 saturated heterocycles. The van der Waals surface area contributed by atoms with Crippen molar-refractivity contribution in [1.29, 1.82) is 0 Å². The summed E-state index contributed by atoms with van der Waals surface area (Å²) in [5.74, 6) is 1.54. The Bertz CT molecular complexity index is 614. The molecule has 0 atom stereocenters. The van der Waals surface area contributed by atoms with Crippen LogP contribution < -0.4 is 0 Å². The van der Waals surface area contributed by atoms with Gasteiger partial charge in [-0.05, 0) is 73.3 Å². The van der Waals surface area contributed by atoms with Gasteiger partial charge in [0.2, 0.25) is 0 Å². The highest BCUT2D eigenvalue weighted by atomic mass is 35.5. The Hall–Kier alpha value is -1.53. The highest BCUT2D eigenvalue weighted by molar-refractivity contribution is 6.30. The molecule has 0 spiro atoms. The zero-order valence-corrected chi connectivity index (χ0v) is 13.9. The maximum Gasteiger partial charge on any atom is 0.0406 e. The van der Waals surface area contributed by atoms with E-state index in [2.05, 4.69) is 55.5 Å². The number of rotatable bonds is 3. The fourth-order valence-corrected chi connectivity index (χ4v) is 3.63. The van der Waals surface area contributed by atoms with Crippen molar-refractivity contribution in [3.63, 3.8) is 0 Å². The van der Waals surface area contributed by atoms with Crippen LogP contribution in [0.25, 0.3) is 11.1 Å². The second-order valence-corrected chi connectivity index (χ2v) is 6.70. The Kier molecular flexibility index (Phi) is 5.00. The van der Waals surface area contributed by atoms with E-state index in [0.717, 1.165) is 16.9 Å². The first-order chi connectivity index (χ1) is 10.8. The zero-order chi connectivity index (χ0) is 15.4. The number of hydrogen-bond donors (Lipinski definition) is 0. The summed E-state index contributed by atoms with van der Waals surface area (Å²) in [6.45, 7) is 2.13. The minimum Gasteiger partial charge on any atom is -0.0914 e. The third kappa shape index (κ3) is 3.62. The first kappa shape index (κ1) is 15.4. The van der Waals surface area contributed by atoms with Gasteiger partial charge in [0.05, 0.1) is 0 Å². The molecule has 1 saturated carbocycles. The topological polar surface area (TPSA) is 0 Å². The van der Waals surface area contributed by atoms with Crippen molar-refractivity contribution in [2.24, 2.45) is 5.92 Å². The predicted octanol–water partition coefficient (Wildman–Crippen LogP) is 6.86. The average Bonchev–Trinajstić information content (AvgIpc) is 2.57. The summed E-state index contributed by atoms with van der Waals surface area (Å²) in [5, 5.41) is 0.790. The van der Waals surface area contributed by atoms with Gasteiger partial charge in [-0.1, -0.05) is 60.2 Å². The molecule has 22 heavy (non-hydrogen) atoms. The standard InChI is InChI=1S/C21H23Cl/c1-2-3-16-4-6-17(7-5-16)18-8-10-19(11-9-18)20-12-14-21(22)15-13-20/h2-3,8-17H,4-7H2,1H3. The lowest BCUT2D eigenvalue weighted by Gasteiger charge is -2.27. The number of allylic oxidation sites excluding steroid dienone is 2. The van der Waals surface area contributed by atoms with E-state index in [1.54, 1.807) is 0 Å². The minimum atomic E-state index is 0.737. The first-order valence-corrected chi connectivity index (χ1v) is 8.63. The molecule has 1 aliphatic carbocycles. The number of hydrogen-bond acceptors (Lipinski definition) is 0. The summed E-state index contributed by atoms with van der Waals surface area (Å²) in [5.41, 5.74) is 3.99. The van der Waals surface area contributed by atoms with Crippen LogP contribution in [-0.2, 0) is 0 Å². The van der Waals surface area contributed by atoms with Crippen molar-refractivity contribution in [1.82, 2.24) is 0 Å². The van der Waals surface area contributed by atoms with E-state index < -0.39 is 0 Å².